The molecule has 0 bridgehead atoms. The van der Waals surface area contributed by atoms with E-state index in [2.05, 4.69) is 35.0 Å². The van der Waals surface area contributed by atoms with Crippen LogP contribution in [0.2, 0.25) is 0 Å². The number of aliphatic hydroxyl groups is 1. The van der Waals surface area contributed by atoms with E-state index in [1.807, 2.05) is 0 Å². The van der Waals surface area contributed by atoms with Crippen LogP contribution in [0.15, 0.2) is 0 Å². The predicted molar refractivity (Wildman–Crippen MR) is 173 cm³/mol. The molecule has 0 fully saturated rings. The molecule has 7 nitrogen and oxygen atoms in total. The van der Waals surface area contributed by atoms with E-state index in [0.717, 1.165) is 42.5 Å². The molecule has 41 heavy (non-hydrogen) atoms. The summed E-state index contributed by atoms with van der Waals surface area (Å²) < 4.78 is 28.5. The molecular weight excluding hydrogens is 537 g/mol. The van der Waals surface area contributed by atoms with Crippen LogP contribution in [0.4, 0.5) is 0 Å². The number of quaternary nitrogens is 1. The van der Waals surface area contributed by atoms with Gasteiger partial charge < -0.3 is 19.2 Å². The van der Waals surface area contributed by atoms with E-state index in [4.69, 9.17) is 13.8 Å². The lowest BCUT2D eigenvalue weighted by molar-refractivity contribution is -0.870. The first kappa shape index (κ1) is 41.0. The largest absolute Gasteiger partial charge is 0.472 e. The molecule has 0 saturated heterocycles. The minimum absolute atomic E-state index is 0.104. The highest BCUT2D eigenvalue weighted by molar-refractivity contribution is 7.47. The van der Waals surface area contributed by atoms with Crippen LogP contribution in [0.5, 0.6) is 0 Å². The quantitative estimate of drug-likeness (QED) is 0.0450. The van der Waals surface area contributed by atoms with E-state index in [-0.39, 0.29) is 19.8 Å². The van der Waals surface area contributed by atoms with Crippen LogP contribution >= 0.6 is 7.82 Å². The van der Waals surface area contributed by atoms with Gasteiger partial charge in [-0.3, -0.25) is 9.05 Å². The maximum Gasteiger partial charge on any atom is 0.472 e. The molecule has 0 spiro atoms. The van der Waals surface area contributed by atoms with Gasteiger partial charge in [-0.15, -0.1) is 0 Å². The van der Waals surface area contributed by atoms with Crippen molar-refractivity contribution in [3.63, 3.8) is 0 Å². The zero-order valence-electron chi connectivity index (χ0n) is 28.0. The standard InChI is InChI=1S/C33H70NO6P/c1-32(2)26-22-18-14-10-8-6-7-9-12-16-20-24-28-38-30-33(35)31-40-41(36,37)39-29-25-21-17-13-11-15-19-23-27-34(3,4)5/h32-33,35H,6-31H2,1-5H3/p+1. The maximum absolute atomic E-state index is 12.0. The van der Waals surface area contributed by atoms with E-state index in [9.17, 15) is 14.6 Å². The van der Waals surface area contributed by atoms with Gasteiger partial charge >= 0.3 is 7.82 Å². The summed E-state index contributed by atoms with van der Waals surface area (Å²) in [7, 11) is 2.57. The highest BCUT2D eigenvalue weighted by Gasteiger charge is 2.22. The molecule has 248 valence electrons. The van der Waals surface area contributed by atoms with Crippen molar-refractivity contribution in [2.24, 2.45) is 5.92 Å². The first-order chi connectivity index (χ1) is 19.5. The van der Waals surface area contributed by atoms with Crippen LogP contribution in [-0.2, 0) is 18.3 Å². The summed E-state index contributed by atoms with van der Waals surface area (Å²) in [6.07, 6.45) is 25.2. The normalized spacial score (nSPS) is 14.5. The predicted octanol–water partition coefficient (Wildman–Crippen LogP) is 9.05. The Morgan fingerprint density at radius 2 is 1.00 bits per heavy atom. The van der Waals surface area contributed by atoms with Gasteiger partial charge in [0.2, 0.25) is 0 Å². The molecule has 0 aliphatic rings. The van der Waals surface area contributed by atoms with E-state index >= 15 is 0 Å². The van der Waals surface area contributed by atoms with Crippen LogP contribution in [-0.4, -0.2) is 74.7 Å². The van der Waals surface area contributed by atoms with Crippen LogP contribution in [0, 0.1) is 5.92 Å². The average molecular weight is 609 g/mol. The van der Waals surface area contributed by atoms with Crippen molar-refractivity contribution in [3.8, 4) is 0 Å². The van der Waals surface area contributed by atoms with E-state index in [0.29, 0.717) is 6.61 Å². The Bertz CT molecular complexity index is 599. The molecule has 2 N–H and O–H groups in total. The zero-order chi connectivity index (χ0) is 30.7. The van der Waals surface area contributed by atoms with E-state index in [1.54, 1.807) is 0 Å². The van der Waals surface area contributed by atoms with Crippen molar-refractivity contribution in [3.05, 3.63) is 0 Å². The molecule has 0 radical (unpaired) electrons. The van der Waals surface area contributed by atoms with Gasteiger partial charge in [-0.2, -0.15) is 0 Å². The fraction of sp³-hybridized carbons (Fsp3) is 1.00. The third-order valence-corrected chi connectivity index (χ3v) is 8.52. The molecule has 0 saturated carbocycles. The number of phosphoric ester groups is 1. The van der Waals surface area contributed by atoms with Gasteiger partial charge in [0, 0.05) is 6.61 Å². The third-order valence-electron chi connectivity index (χ3n) is 7.54. The molecule has 8 heteroatoms. The van der Waals surface area contributed by atoms with Crippen LogP contribution in [0.25, 0.3) is 0 Å². The van der Waals surface area contributed by atoms with Gasteiger partial charge in [-0.05, 0) is 31.6 Å². The first-order valence-corrected chi connectivity index (χ1v) is 18.7. The van der Waals surface area contributed by atoms with Crippen LogP contribution < -0.4 is 0 Å². The second-order valence-electron chi connectivity index (χ2n) is 13.6. The fourth-order valence-corrected chi connectivity index (χ4v) is 5.73. The third kappa shape index (κ3) is 34.4. The smallest absolute Gasteiger partial charge is 0.388 e. The minimum Gasteiger partial charge on any atom is -0.388 e. The van der Waals surface area contributed by atoms with Crippen molar-refractivity contribution in [2.75, 3.05) is 54.1 Å². The van der Waals surface area contributed by atoms with Gasteiger partial charge in [-0.25, -0.2) is 4.57 Å². The molecule has 2 unspecified atom stereocenters. The Kier molecular flexibility index (Phi) is 27.5. The molecular formula is C33H71NO6P+. The average Bonchev–Trinajstić information content (AvgIpc) is 2.89. The number of unbranched alkanes of at least 4 members (excludes halogenated alkanes) is 18. The second-order valence-corrected chi connectivity index (χ2v) is 15.0. The molecule has 0 aliphatic carbocycles. The van der Waals surface area contributed by atoms with Gasteiger partial charge in [0.15, 0.2) is 0 Å². The molecule has 0 aromatic carbocycles. The molecule has 0 aromatic rings. The zero-order valence-corrected chi connectivity index (χ0v) is 28.9. The van der Waals surface area contributed by atoms with Crippen molar-refractivity contribution in [2.45, 2.75) is 155 Å². The van der Waals surface area contributed by atoms with Gasteiger partial charge in [0.1, 0.15) is 6.10 Å². The molecule has 0 heterocycles. The van der Waals surface area contributed by atoms with Crippen molar-refractivity contribution in [1.82, 2.24) is 0 Å². The Labute approximate surface area is 255 Å². The summed E-state index contributed by atoms with van der Waals surface area (Å²) in [5, 5.41) is 9.99. The van der Waals surface area contributed by atoms with Crippen LogP contribution in [0.1, 0.15) is 149 Å². The highest BCUT2D eigenvalue weighted by atomic mass is 31.2. The summed E-state index contributed by atoms with van der Waals surface area (Å²) in [5.74, 6) is 0.847. The number of hydrogen-bond acceptors (Lipinski definition) is 5. The Morgan fingerprint density at radius 3 is 1.46 bits per heavy atom. The van der Waals surface area contributed by atoms with Crippen molar-refractivity contribution >= 4 is 7.82 Å². The summed E-state index contributed by atoms with van der Waals surface area (Å²) >= 11 is 0. The first-order valence-electron chi connectivity index (χ1n) is 17.2. The van der Waals surface area contributed by atoms with Gasteiger partial charge in [-0.1, -0.05) is 123 Å². The molecule has 0 amide bonds. The van der Waals surface area contributed by atoms with Gasteiger partial charge in [0.25, 0.3) is 0 Å². The lowest BCUT2D eigenvalue weighted by Gasteiger charge is -2.23. The Balaban J connectivity index is 3.42. The molecule has 0 aromatic heterocycles. The number of ether oxygens (including phenoxy) is 1. The molecule has 2 atom stereocenters. The topological polar surface area (TPSA) is 85.2 Å². The van der Waals surface area contributed by atoms with Crippen LogP contribution in [0.3, 0.4) is 0 Å². The highest BCUT2D eigenvalue weighted by Crippen LogP contribution is 2.43. The number of aliphatic hydroxyl groups excluding tert-OH is 1. The lowest BCUT2D eigenvalue weighted by atomic mass is 10.0. The molecule has 0 aliphatic heterocycles. The number of hydrogen-bond donors (Lipinski definition) is 2. The maximum atomic E-state index is 12.0. The van der Waals surface area contributed by atoms with Crippen molar-refractivity contribution < 1.29 is 32.8 Å². The number of nitrogens with zero attached hydrogens (tertiary/aromatic N) is 1. The van der Waals surface area contributed by atoms with Gasteiger partial charge in [0.05, 0.1) is 47.5 Å². The summed E-state index contributed by atoms with van der Waals surface area (Å²) in [4.78, 5) is 9.82. The monoisotopic (exact) mass is 609 g/mol. The van der Waals surface area contributed by atoms with E-state index < -0.39 is 13.9 Å². The van der Waals surface area contributed by atoms with Crippen molar-refractivity contribution in [1.29, 1.82) is 0 Å². The molecule has 0 rings (SSSR count). The minimum atomic E-state index is -4.13. The fourth-order valence-electron chi connectivity index (χ4n) is 4.94. The SMILES string of the molecule is CC(C)CCCCCCCCCCCCCCOCC(O)COP(=O)(O)OCCCCCCCCCC[N+](C)(C)C. The lowest BCUT2D eigenvalue weighted by Crippen LogP contribution is -2.35. The summed E-state index contributed by atoms with van der Waals surface area (Å²) in [5.41, 5.74) is 0. The Hall–Kier alpha value is -0.0100. The number of phosphoric acid groups is 1. The second kappa shape index (κ2) is 27.5. The summed E-state index contributed by atoms with van der Waals surface area (Å²) in [6, 6.07) is 0. The Morgan fingerprint density at radius 1 is 0.585 bits per heavy atom. The summed E-state index contributed by atoms with van der Waals surface area (Å²) in [6.45, 7) is 6.48. The van der Waals surface area contributed by atoms with E-state index in [1.165, 1.54) is 109 Å². The number of rotatable bonds is 32.